The highest BCUT2D eigenvalue weighted by Crippen LogP contribution is 2.24. The number of amides is 2. The van der Waals surface area contributed by atoms with Gasteiger partial charge < -0.3 is 15.3 Å². The average Bonchev–Trinajstić information content (AvgIpc) is 2.92. The van der Waals surface area contributed by atoms with Crippen LogP contribution in [0.1, 0.15) is 31.4 Å². The Morgan fingerprint density at radius 2 is 2.15 bits per heavy atom. The van der Waals surface area contributed by atoms with Gasteiger partial charge in [-0.1, -0.05) is 12.8 Å². The maximum absolute atomic E-state index is 12.3. The van der Waals surface area contributed by atoms with Crippen LogP contribution in [0.4, 0.5) is 10.5 Å². The highest BCUT2D eigenvalue weighted by molar-refractivity contribution is 5.92. The van der Waals surface area contributed by atoms with Crippen molar-refractivity contribution in [3.05, 3.63) is 24.0 Å². The number of carboxylic acids is 1. The van der Waals surface area contributed by atoms with Crippen LogP contribution < -0.4 is 5.32 Å². The lowest BCUT2D eigenvalue weighted by Gasteiger charge is -2.27. The van der Waals surface area contributed by atoms with Crippen LogP contribution in [0.15, 0.2) is 18.3 Å². The van der Waals surface area contributed by atoms with E-state index in [4.69, 9.17) is 5.11 Å². The molecule has 1 fully saturated rings. The summed E-state index contributed by atoms with van der Waals surface area (Å²) in [4.78, 5) is 28.8. The van der Waals surface area contributed by atoms with E-state index in [1.807, 2.05) is 0 Å². The Labute approximate surface area is 117 Å². The van der Waals surface area contributed by atoms with Crippen LogP contribution in [0.3, 0.4) is 0 Å². The van der Waals surface area contributed by atoms with Gasteiger partial charge in [0.2, 0.25) is 0 Å². The van der Waals surface area contributed by atoms with E-state index in [1.54, 1.807) is 25.3 Å². The summed E-state index contributed by atoms with van der Waals surface area (Å²) < 4.78 is 0. The van der Waals surface area contributed by atoms with Gasteiger partial charge in [0.15, 0.2) is 0 Å². The molecule has 1 aliphatic carbocycles. The summed E-state index contributed by atoms with van der Waals surface area (Å²) >= 11 is 0. The molecule has 0 spiro atoms. The van der Waals surface area contributed by atoms with Crippen LogP contribution in [0.5, 0.6) is 0 Å². The van der Waals surface area contributed by atoms with E-state index in [9.17, 15) is 9.59 Å². The number of carbonyl (C=O) groups is 2. The molecule has 0 aromatic carbocycles. The molecule has 6 heteroatoms. The quantitative estimate of drug-likeness (QED) is 0.884. The first-order valence-electron chi connectivity index (χ1n) is 6.79. The van der Waals surface area contributed by atoms with Gasteiger partial charge in [-0.2, -0.15) is 0 Å². The zero-order valence-corrected chi connectivity index (χ0v) is 11.5. The molecular weight excluding hydrogens is 258 g/mol. The van der Waals surface area contributed by atoms with Crippen molar-refractivity contribution >= 4 is 17.7 Å². The largest absolute Gasteiger partial charge is 0.480 e. The number of aliphatic carboxylic acids is 1. The fourth-order valence-corrected chi connectivity index (χ4v) is 2.53. The van der Waals surface area contributed by atoms with Crippen molar-refractivity contribution in [1.82, 2.24) is 9.88 Å². The Balaban J connectivity index is 2.09. The maximum atomic E-state index is 12.3. The lowest BCUT2D eigenvalue weighted by molar-refractivity contribution is -0.138. The number of nitrogens with zero attached hydrogens (tertiary/aromatic N) is 2. The minimum Gasteiger partial charge on any atom is -0.480 e. The van der Waals surface area contributed by atoms with E-state index < -0.39 is 5.97 Å². The molecule has 0 unspecified atom stereocenters. The number of aryl methyl sites for hydroxylation is 1. The monoisotopic (exact) mass is 277 g/mol. The Bertz CT molecular complexity index is 498. The van der Waals surface area contributed by atoms with Crippen LogP contribution >= 0.6 is 0 Å². The van der Waals surface area contributed by atoms with Crippen molar-refractivity contribution in [1.29, 1.82) is 0 Å². The molecule has 0 atom stereocenters. The zero-order chi connectivity index (χ0) is 14.5. The van der Waals surface area contributed by atoms with Gasteiger partial charge in [0, 0.05) is 12.2 Å². The normalized spacial score (nSPS) is 15.1. The fraction of sp³-hybridized carbons (Fsp3) is 0.500. The molecule has 0 aliphatic heterocycles. The molecular formula is C14H19N3O3. The van der Waals surface area contributed by atoms with Crippen LogP contribution in [0, 0.1) is 6.92 Å². The number of carbonyl (C=O) groups excluding carboxylic acids is 1. The van der Waals surface area contributed by atoms with Crippen LogP contribution in [-0.4, -0.2) is 39.6 Å². The molecule has 1 aromatic rings. The molecule has 0 bridgehead atoms. The molecule has 20 heavy (non-hydrogen) atoms. The van der Waals surface area contributed by atoms with Gasteiger partial charge in [-0.05, 0) is 31.9 Å². The number of rotatable bonds is 4. The molecule has 1 aliphatic rings. The summed E-state index contributed by atoms with van der Waals surface area (Å²) in [7, 11) is 0. The summed E-state index contributed by atoms with van der Waals surface area (Å²) in [6, 6.07) is 3.14. The third kappa shape index (κ3) is 3.46. The number of urea groups is 1. The Hall–Kier alpha value is -2.11. The number of pyridine rings is 1. The number of aromatic nitrogens is 1. The fourth-order valence-electron chi connectivity index (χ4n) is 2.53. The van der Waals surface area contributed by atoms with Crippen molar-refractivity contribution in [2.24, 2.45) is 0 Å². The van der Waals surface area contributed by atoms with E-state index in [1.165, 1.54) is 4.90 Å². The number of carboxylic acid groups (broad SMARTS) is 1. The zero-order valence-electron chi connectivity index (χ0n) is 11.5. The third-order valence-electron chi connectivity index (χ3n) is 3.58. The molecule has 2 N–H and O–H groups in total. The standard InChI is InChI=1S/C14H19N3O3/c1-10-12(7-4-8-15-10)16-14(20)17(9-13(18)19)11-5-2-3-6-11/h4,7-8,11H,2-3,5-6,9H2,1H3,(H,16,20)(H,18,19). The molecule has 1 heterocycles. The van der Waals surface area contributed by atoms with Gasteiger partial charge in [-0.3, -0.25) is 9.78 Å². The van der Waals surface area contributed by atoms with Crippen molar-refractivity contribution in [3.8, 4) is 0 Å². The predicted octanol–water partition coefficient (Wildman–Crippen LogP) is 2.25. The smallest absolute Gasteiger partial charge is 0.323 e. The number of nitrogens with one attached hydrogen (secondary N) is 1. The second kappa shape index (κ2) is 6.36. The summed E-state index contributed by atoms with van der Waals surface area (Å²) in [5, 5.41) is 11.7. The summed E-state index contributed by atoms with van der Waals surface area (Å²) in [5.74, 6) is -0.991. The van der Waals surface area contributed by atoms with E-state index in [0.29, 0.717) is 11.4 Å². The highest BCUT2D eigenvalue weighted by atomic mass is 16.4. The Kier molecular flexibility index (Phi) is 4.55. The molecule has 0 saturated heterocycles. The Morgan fingerprint density at radius 3 is 2.75 bits per heavy atom. The molecule has 0 radical (unpaired) electrons. The van der Waals surface area contributed by atoms with Crippen molar-refractivity contribution in [3.63, 3.8) is 0 Å². The van der Waals surface area contributed by atoms with Gasteiger partial charge in [0.1, 0.15) is 6.54 Å². The minimum absolute atomic E-state index is 0.0167. The summed E-state index contributed by atoms with van der Waals surface area (Å²) in [5.41, 5.74) is 1.33. The van der Waals surface area contributed by atoms with Gasteiger partial charge in [-0.15, -0.1) is 0 Å². The van der Waals surface area contributed by atoms with Crippen molar-refractivity contribution < 1.29 is 14.7 Å². The van der Waals surface area contributed by atoms with Crippen molar-refractivity contribution in [2.45, 2.75) is 38.6 Å². The van der Waals surface area contributed by atoms with Crippen molar-refractivity contribution in [2.75, 3.05) is 11.9 Å². The van der Waals surface area contributed by atoms with E-state index in [2.05, 4.69) is 10.3 Å². The van der Waals surface area contributed by atoms with Gasteiger partial charge in [-0.25, -0.2) is 4.79 Å². The van der Waals surface area contributed by atoms with Crippen LogP contribution in [0.2, 0.25) is 0 Å². The molecule has 2 rings (SSSR count). The van der Waals surface area contributed by atoms with Gasteiger partial charge >= 0.3 is 12.0 Å². The Morgan fingerprint density at radius 1 is 1.45 bits per heavy atom. The second-order valence-electron chi connectivity index (χ2n) is 5.03. The summed E-state index contributed by atoms with van der Waals surface area (Å²) in [6.07, 6.45) is 5.47. The molecule has 2 amide bonds. The topological polar surface area (TPSA) is 82.5 Å². The third-order valence-corrected chi connectivity index (χ3v) is 3.58. The SMILES string of the molecule is Cc1ncccc1NC(=O)N(CC(=O)O)C1CCCC1. The first-order chi connectivity index (χ1) is 9.58. The average molecular weight is 277 g/mol. The number of hydrogen-bond donors (Lipinski definition) is 2. The predicted molar refractivity (Wildman–Crippen MR) is 74.6 cm³/mol. The lowest BCUT2D eigenvalue weighted by atomic mass is 10.2. The maximum Gasteiger partial charge on any atom is 0.323 e. The van der Waals surface area contributed by atoms with E-state index in [-0.39, 0.29) is 18.6 Å². The van der Waals surface area contributed by atoms with Crippen LogP contribution in [0.25, 0.3) is 0 Å². The molecule has 6 nitrogen and oxygen atoms in total. The minimum atomic E-state index is -0.991. The molecule has 108 valence electrons. The highest BCUT2D eigenvalue weighted by Gasteiger charge is 2.28. The molecule has 1 saturated carbocycles. The number of anilines is 1. The van der Waals surface area contributed by atoms with Gasteiger partial charge in [0.05, 0.1) is 11.4 Å². The first kappa shape index (κ1) is 14.3. The molecule has 1 aromatic heterocycles. The van der Waals surface area contributed by atoms with E-state index in [0.717, 1.165) is 25.7 Å². The summed E-state index contributed by atoms with van der Waals surface area (Å²) in [6.45, 7) is 1.53. The second-order valence-corrected chi connectivity index (χ2v) is 5.03. The van der Waals surface area contributed by atoms with Gasteiger partial charge in [0.25, 0.3) is 0 Å². The number of hydrogen-bond acceptors (Lipinski definition) is 3. The van der Waals surface area contributed by atoms with E-state index >= 15 is 0 Å². The van der Waals surface area contributed by atoms with Crippen LogP contribution in [-0.2, 0) is 4.79 Å². The lowest BCUT2D eigenvalue weighted by Crippen LogP contribution is -2.44. The first-order valence-corrected chi connectivity index (χ1v) is 6.79.